The van der Waals surface area contributed by atoms with E-state index in [2.05, 4.69) is 12.4 Å². The molecule has 2 unspecified atom stereocenters. The molecule has 0 radical (unpaired) electrons. The van der Waals surface area contributed by atoms with E-state index >= 15 is 0 Å². The zero-order valence-electron chi connectivity index (χ0n) is 11.3. The molecule has 2 aliphatic rings. The monoisotopic (exact) mass is 241 g/mol. The van der Waals surface area contributed by atoms with Crippen molar-refractivity contribution in [3.8, 4) is 0 Å². The van der Waals surface area contributed by atoms with Crippen molar-refractivity contribution >= 4 is 0 Å². The van der Waals surface area contributed by atoms with Crippen molar-refractivity contribution in [3.63, 3.8) is 0 Å². The van der Waals surface area contributed by atoms with Gasteiger partial charge < -0.3 is 14.8 Å². The van der Waals surface area contributed by atoms with Gasteiger partial charge in [0.2, 0.25) is 0 Å². The summed E-state index contributed by atoms with van der Waals surface area (Å²) in [5, 5.41) is 3.50. The predicted molar refractivity (Wildman–Crippen MR) is 69.2 cm³/mol. The highest BCUT2D eigenvalue weighted by molar-refractivity contribution is 5.07. The number of methoxy groups -OCH3 is 1. The molecule has 2 fully saturated rings. The molecule has 0 aliphatic heterocycles. The topological polar surface area (TPSA) is 30.5 Å². The first-order valence-electron chi connectivity index (χ1n) is 7.11. The summed E-state index contributed by atoms with van der Waals surface area (Å²) < 4.78 is 11.1. The summed E-state index contributed by atoms with van der Waals surface area (Å²) in [6.45, 7) is 1.47. The molecular weight excluding hydrogens is 214 g/mol. The average molecular weight is 241 g/mol. The highest BCUT2D eigenvalue weighted by Crippen LogP contribution is 2.52. The molecule has 3 heteroatoms. The van der Waals surface area contributed by atoms with Crippen LogP contribution in [-0.4, -0.2) is 39.5 Å². The van der Waals surface area contributed by atoms with Gasteiger partial charge in [-0.2, -0.15) is 0 Å². The summed E-state index contributed by atoms with van der Waals surface area (Å²) in [5.74, 6) is 0. The number of ether oxygens (including phenoxy) is 2. The van der Waals surface area contributed by atoms with E-state index < -0.39 is 0 Å². The third-order valence-corrected chi connectivity index (χ3v) is 4.77. The lowest BCUT2D eigenvalue weighted by molar-refractivity contribution is -0.148. The summed E-state index contributed by atoms with van der Waals surface area (Å²) >= 11 is 0. The maximum atomic E-state index is 6.03. The van der Waals surface area contributed by atoms with Gasteiger partial charge in [0.1, 0.15) is 0 Å². The average Bonchev–Trinajstić information content (AvgIpc) is 2.60. The summed E-state index contributed by atoms with van der Waals surface area (Å²) in [7, 11) is 3.84. The van der Waals surface area contributed by atoms with Gasteiger partial charge in [0, 0.05) is 18.6 Å². The lowest BCUT2D eigenvalue weighted by Gasteiger charge is -2.56. The number of hydrogen-bond donors (Lipinski definition) is 1. The minimum atomic E-state index is 0.430. The Kier molecular flexibility index (Phi) is 4.83. The zero-order valence-corrected chi connectivity index (χ0v) is 11.3. The summed E-state index contributed by atoms with van der Waals surface area (Å²) in [4.78, 5) is 0. The Morgan fingerprint density at radius 2 is 1.82 bits per heavy atom. The Balaban J connectivity index is 1.92. The van der Waals surface area contributed by atoms with Crippen LogP contribution in [0.5, 0.6) is 0 Å². The summed E-state index contributed by atoms with van der Waals surface area (Å²) in [6.07, 6.45) is 9.90. The van der Waals surface area contributed by atoms with Crippen molar-refractivity contribution in [2.45, 2.75) is 57.1 Å². The van der Waals surface area contributed by atoms with Crippen molar-refractivity contribution in [2.24, 2.45) is 5.41 Å². The van der Waals surface area contributed by atoms with Crippen molar-refractivity contribution < 1.29 is 9.47 Å². The Hall–Kier alpha value is -0.120. The fourth-order valence-electron chi connectivity index (χ4n) is 3.72. The van der Waals surface area contributed by atoms with Crippen LogP contribution in [0.4, 0.5) is 0 Å². The van der Waals surface area contributed by atoms with Gasteiger partial charge >= 0.3 is 0 Å². The molecule has 2 rings (SSSR count). The normalized spacial score (nSPS) is 32.1. The highest BCUT2D eigenvalue weighted by atomic mass is 16.5. The minimum Gasteiger partial charge on any atom is -0.382 e. The SMILES string of the molecule is CNC1CC(OCCOC)C12CCCCCC2. The first-order valence-corrected chi connectivity index (χ1v) is 7.11. The molecule has 2 saturated carbocycles. The van der Waals surface area contributed by atoms with Gasteiger partial charge in [0.25, 0.3) is 0 Å². The van der Waals surface area contributed by atoms with Crippen LogP contribution in [0.25, 0.3) is 0 Å². The van der Waals surface area contributed by atoms with Gasteiger partial charge in [-0.05, 0) is 26.3 Å². The van der Waals surface area contributed by atoms with Crippen LogP contribution < -0.4 is 5.32 Å². The molecule has 0 heterocycles. The standard InChI is InChI=1S/C14H27NO2/c1-15-12-11-13(17-10-9-16-2)14(12)7-5-3-4-6-8-14/h12-13,15H,3-11H2,1-2H3. The van der Waals surface area contributed by atoms with Gasteiger partial charge in [0.05, 0.1) is 19.3 Å². The van der Waals surface area contributed by atoms with Gasteiger partial charge in [-0.1, -0.05) is 25.7 Å². The number of nitrogens with one attached hydrogen (secondary N) is 1. The van der Waals surface area contributed by atoms with Crippen molar-refractivity contribution in [1.82, 2.24) is 5.32 Å². The lowest BCUT2D eigenvalue weighted by atomic mass is 9.58. The molecule has 0 aromatic carbocycles. The maximum absolute atomic E-state index is 6.03. The van der Waals surface area contributed by atoms with Crippen LogP contribution in [0.15, 0.2) is 0 Å². The molecule has 0 saturated heterocycles. The first-order chi connectivity index (χ1) is 8.33. The molecule has 100 valence electrons. The fourth-order valence-corrected chi connectivity index (χ4v) is 3.72. The molecule has 0 bridgehead atoms. The van der Waals surface area contributed by atoms with Crippen LogP contribution >= 0.6 is 0 Å². The molecule has 0 amide bonds. The lowest BCUT2D eigenvalue weighted by Crippen LogP contribution is -2.63. The number of rotatable bonds is 5. The molecule has 17 heavy (non-hydrogen) atoms. The van der Waals surface area contributed by atoms with Crippen molar-refractivity contribution in [3.05, 3.63) is 0 Å². The van der Waals surface area contributed by atoms with E-state index in [-0.39, 0.29) is 0 Å². The smallest absolute Gasteiger partial charge is 0.0704 e. The third kappa shape index (κ3) is 2.67. The van der Waals surface area contributed by atoms with Gasteiger partial charge in [-0.3, -0.25) is 0 Å². The molecule has 0 aromatic heterocycles. The number of hydrogen-bond acceptors (Lipinski definition) is 3. The second-order valence-electron chi connectivity index (χ2n) is 5.58. The van der Waals surface area contributed by atoms with Crippen molar-refractivity contribution in [1.29, 1.82) is 0 Å². The minimum absolute atomic E-state index is 0.430. The van der Waals surface area contributed by atoms with Crippen LogP contribution in [0.1, 0.15) is 44.9 Å². The Bertz CT molecular complexity index is 224. The largest absolute Gasteiger partial charge is 0.382 e. The van der Waals surface area contributed by atoms with Crippen LogP contribution in [-0.2, 0) is 9.47 Å². The van der Waals surface area contributed by atoms with E-state index in [1.807, 2.05) is 0 Å². The molecular formula is C14H27NO2. The van der Waals surface area contributed by atoms with E-state index in [9.17, 15) is 0 Å². The Morgan fingerprint density at radius 1 is 1.12 bits per heavy atom. The van der Waals surface area contributed by atoms with E-state index in [0.717, 1.165) is 13.2 Å². The molecule has 1 N–H and O–H groups in total. The quantitative estimate of drug-likeness (QED) is 0.750. The third-order valence-electron chi connectivity index (χ3n) is 4.77. The van der Waals surface area contributed by atoms with E-state index in [0.29, 0.717) is 17.6 Å². The Labute approximate surface area is 105 Å². The second-order valence-corrected chi connectivity index (χ2v) is 5.58. The predicted octanol–water partition coefficient (Wildman–Crippen LogP) is 2.35. The van der Waals surface area contributed by atoms with Gasteiger partial charge in [0.15, 0.2) is 0 Å². The molecule has 3 nitrogen and oxygen atoms in total. The molecule has 2 atom stereocenters. The fraction of sp³-hybridized carbons (Fsp3) is 1.00. The van der Waals surface area contributed by atoms with Crippen LogP contribution in [0, 0.1) is 5.41 Å². The van der Waals surface area contributed by atoms with Crippen molar-refractivity contribution in [2.75, 3.05) is 27.4 Å². The summed E-state index contributed by atoms with van der Waals surface area (Å²) in [6, 6.07) is 0.674. The Morgan fingerprint density at radius 3 is 2.41 bits per heavy atom. The second kappa shape index (κ2) is 6.17. The maximum Gasteiger partial charge on any atom is 0.0704 e. The van der Waals surface area contributed by atoms with Gasteiger partial charge in [-0.15, -0.1) is 0 Å². The van der Waals surface area contributed by atoms with E-state index in [1.54, 1.807) is 7.11 Å². The summed E-state index contributed by atoms with van der Waals surface area (Å²) in [5.41, 5.74) is 0.430. The first kappa shape index (κ1) is 13.3. The highest BCUT2D eigenvalue weighted by Gasteiger charge is 2.54. The van der Waals surface area contributed by atoms with E-state index in [1.165, 1.54) is 44.9 Å². The van der Waals surface area contributed by atoms with Gasteiger partial charge in [-0.25, -0.2) is 0 Å². The van der Waals surface area contributed by atoms with E-state index in [4.69, 9.17) is 9.47 Å². The molecule has 1 spiro atoms. The van der Waals surface area contributed by atoms with Crippen LogP contribution in [0.3, 0.4) is 0 Å². The molecule has 2 aliphatic carbocycles. The molecule has 0 aromatic rings. The zero-order chi connectivity index (χ0) is 12.1. The van der Waals surface area contributed by atoms with Crippen LogP contribution in [0.2, 0.25) is 0 Å².